The van der Waals surface area contributed by atoms with Gasteiger partial charge in [0, 0.05) is 11.3 Å². The van der Waals surface area contributed by atoms with Crippen LogP contribution in [0.3, 0.4) is 0 Å². The van der Waals surface area contributed by atoms with E-state index in [1.54, 1.807) is 60.7 Å². The third-order valence-electron chi connectivity index (χ3n) is 3.88. The molecule has 0 bridgehead atoms. The fraction of sp³-hybridized carbons (Fsp3) is 0. The van der Waals surface area contributed by atoms with Gasteiger partial charge in [-0.2, -0.15) is 5.11 Å². The van der Waals surface area contributed by atoms with Crippen molar-refractivity contribution in [3.63, 3.8) is 0 Å². The highest BCUT2D eigenvalue weighted by molar-refractivity contribution is 6.07. The minimum Gasteiger partial charge on any atom is -0.505 e. The zero-order chi connectivity index (χ0) is 20.6. The Balaban J connectivity index is 1.98. The maximum absolute atomic E-state index is 12.7. The van der Waals surface area contributed by atoms with Crippen LogP contribution in [0.4, 0.5) is 11.4 Å². The van der Waals surface area contributed by atoms with E-state index in [0.717, 1.165) is 0 Å². The van der Waals surface area contributed by atoms with E-state index in [0.29, 0.717) is 11.3 Å². The Morgan fingerprint density at radius 3 is 2.03 bits per heavy atom. The van der Waals surface area contributed by atoms with E-state index in [4.69, 9.17) is 5.11 Å². The fourth-order valence-electron chi connectivity index (χ4n) is 2.45. The molecule has 7 nitrogen and oxygen atoms in total. The van der Waals surface area contributed by atoms with Crippen molar-refractivity contribution in [1.82, 2.24) is 0 Å². The second kappa shape index (κ2) is 9.09. The number of nitrogens with one attached hydrogen (secondary N) is 1. The molecule has 0 saturated heterocycles. The van der Waals surface area contributed by atoms with Crippen molar-refractivity contribution in [2.45, 2.75) is 0 Å². The lowest BCUT2D eigenvalue weighted by atomic mass is 10.1. The summed E-state index contributed by atoms with van der Waals surface area (Å²) in [5.74, 6) is -2.11. The molecular formula is C22H17N3O4. The van der Waals surface area contributed by atoms with E-state index in [9.17, 15) is 14.7 Å². The van der Waals surface area contributed by atoms with E-state index in [1.165, 1.54) is 18.2 Å². The van der Waals surface area contributed by atoms with E-state index in [-0.39, 0.29) is 22.7 Å². The Morgan fingerprint density at radius 1 is 0.759 bits per heavy atom. The van der Waals surface area contributed by atoms with E-state index < -0.39 is 11.9 Å². The van der Waals surface area contributed by atoms with Crippen LogP contribution < -0.4 is 5.32 Å². The summed E-state index contributed by atoms with van der Waals surface area (Å²) in [6.07, 6.45) is 0. The number of anilines is 1. The molecular weight excluding hydrogens is 370 g/mol. The molecule has 0 unspecified atom stereocenters. The van der Waals surface area contributed by atoms with Gasteiger partial charge in [0.05, 0.1) is 11.3 Å². The van der Waals surface area contributed by atoms with Gasteiger partial charge in [-0.15, -0.1) is 5.11 Å². The Labute approximate surface area is 166 Å². The van der Waals surface area contributed by atoms with Gasteiger partial charge >= 0.3 is 5.97 Å². The first kappa shape index (κ1) is 19.5. The molecule has 0 aliphatic rings. The monoisotopic (exact) mass is 387 g/mol. The van der Waals surface area contributed by atoms with Gasteiger partial charge in [-0.3, -0.25) is 4.79 Å². The van der Waals surface area contributed by atoms with Crippen LogP contribution in [0.2, 0.25) is 0 Å². The van der Waals surface area contributed by atoms with Crippen LogP contribution in [0, 0.1) is 0 Å². The summed E-state index contributed by atoms with van der Waals surface area (Å²) in [5.41, 5.74) is 0.882. The maximum Gasteiger partial charge on any atom is 0.335 e. The molecule has 0 aliphatic heterocycles. The van der Waals surface area contributed by atoms with Crippen LogP contribution in [0.5, 0.6) is 0 Å². The highest BCUT2D eigenvalue weighted by atomic mass is 16.4. The number of nitrogens with zero attached hydrogens (tertiary/aromatic N) is 2. The number of hydrogen-bond donors (Lipinski definition) is 3. The molecule has 0 fully saturated rings. The van der Waals surface area contributed by atoms with Gasteiger partial charge in [-0.05, 0) is 30.3 Å². The minimum absolute atomic E-state index is 0.0352. The molecule has 0 atom stereocenters. The summed E-state index contributed by atoms with van der Waals surface area (Å²) in [7, 11) is 0. The summed E-state index contributed by atoms with van der Waals surface area (Å²) in [4.78, 5) is 23.9. The van der Waals surface area contributed by atoms with Gasteiger partial charge < -0.3 is 15.5 Å². The lowest BCUT2D eigenvalue weighted by Crippen LogP contribution is -2.14. The SMILES string of the molecule is O=C(Nc1ccccc1)/C(N=Nc1cccc(C(=O)O)c1)=C(/O)c1ccccc1. The molecule has 3 N–H and O–H groups in total. The van der Waals surface area contributed by atoms with E-state index >= 15 is 0 Å². The van der Waals surface area contributed by atoms with Crippen molar-refractivity contribution in [1.29, 1.82) is 0 Å². The molecule has 3 aromatic rings. The summed E-state index contributed by atoms with van der Waals surface area (Å²) in [5, 5.41) is 30.2. The summed E-state index contributed by atoms with van der Waals surface area (Å²) in [6.45, 7) is 0. The number of aliphatic hydroxyl groups excluding tert-OH is 1. The van der Waals surface area contributed by atoms with Crippen molar-refractivity contribution in [3.05, 3.63) is 102 Å². The Bertz CT molecular complexity index is 1080. The molecule has 0 spiro atoms. The average Bonchev–Trinajstić information content (AvgIpc) is 2.75. The lowest BCUT2D eigenvalue weighted by molar-refractivity contribution is -0.112. The smallest absolute Gasteiger partial charge is 0.335 e. The molecule has 29 heavy (non-hydrogen) atoms. The number of carboxylic acids is 1. The van der Waals surface area contributed by atoms with Gasteiger partial charge in [0.2, 0.25) is 0 Å². The minimum atomic E-state index is -1.10. The number of benzene rings is 3. The highest BCUT2D eigenvalue weighted by Crippen LogP contribution is 2.22. The largest absolute Gasteiger partial charge is 0.505 e. The number of amides is 1. The Morgan fingerprint density at radius 2 is 1.38 bits per heavy atom. The number of hydrogen-bond acceptors (Lipinski definition) is 5. The van der Waals surface area contributed by atoms with Crippen molar-refractivity contribution in [2.75, 3.05) is 5.32 Å². The van der Waals surface area contributed by atoms with Crippen molar-refractivity contribution < 1.29 is 19.8 Å². The molecule has 3 aromatic carbocycles. The number of aliphatic hydroxyl groups is 1. The zero-order valence-corrected chi connectivity index (χ0v) is 15.2. The van der Waals surface area contributed by atoms with Crippen LogP contribution >= 0.6 is 0 Å². The van der Waals surface area contributed by atoms with Crippen LogP contribution in [0.15, 0.2) is 101 Å². The van der Waals surface area contributed by atoms with E-state index in [1.807, 2.05) is 6.07 Å². The number of aromatic carboxylic acids is 1. The number of para-hydroxylation sites is 1. The Hall–Kier alpha value is -4.26. The molecule has 0 heterocycles. The molecule has 0 radical (unpaired) electrons. The van der Waals surface area contributed by atoms with Gasteiger partial charge in [-0.1, -0.05) is 54.6 Å². The zero-order valence-electron chi connectivity index (χ0n) is 15.2. The van der Waals surface area contributed by atoms with Crippen LogP contribution in [0.1, 0.15) is 15.9 Å². The summed E-state index contributed by atoms with van der Waals surface area (Å²) < 4.78 is 0. The van der Waals surface area contributed by atoms with Crippen molar-refractivity contribution in [2.24, 2.45) is 10.2 Å². The van der Waals surface area contributed by atoms with Gasteiger partial charge in [0.15, 0.2) is 11.5 Å². The topological polar surface area (TPSA) is 111 Å². The first-order chi connectivity index (χ1) is 14.0. The number of carbonyl (C=O) groups excluding carboxylic acids is 1. The quantitative estimate of drug-likeness (QED) is 0.313. The number of carbonyl (C=O) groups is 2. The molecule has 1 amide bonds. The predicted molar refractivity (Wildman–Crippen MR) is 109 cm³/mol. The second-order valence-electron chi connectivity index (χ2n) is 5.94. The lowest BCUT2D eigenvalue weighted by Gasteiger charge is -2.08. The van der Waals surface area contributed by atoms with Crippen LogP contribution in [0.25, 0.3) is 5.76 Å². The Kier molecular flexibility index (Phi) is 6.12. The predicted octanol–water partition coefficient (Wildman–Crippen LogP) is 5.03. The molecule has 0 aromatic heterocycles. The van der Waals surface area contributed by atoms with Gasteiger partial charge in [0.25, 0.3) is 5.91 Å². The molecule has 0 saturated carbocycles. The van der Waals surface area contributed by atoms with Gasteiger partial charge in [-0.25, -0.2) is 4.79 Å². The molecule has 144 valence electrons. The second-order valence-corrected chi connectivity index (χ2v) is 5.94. The number of carboxylic acid groups (broad SMARTS) is 1. The molecule has 7 heteroatoms. The van der Waals surface area contributed by atoms with E-state index in [2.05, 4.69) is 15.5 Å². The number of rotatable bonds is 6. The van der Waals surface area contributed by atoms with Crippen LogP contribution in [-0.2, 0) is 4.79 Å². The van der Waals surface area contributed by atoms with Crippen molar-refractivity contribution in [3.8, 4) is 0 Å². The first-order valence-corrected chi connectivity index (χ1v) is 8.65. The third-order valence-corrected chi connectivity index (χ3v) is 3.88. The van der Waals surface area contributed by atoms with Gasteiger partial charge in [0.1, 0.15) is 0 Å². The average molecular weight is 387 g/mol. The van der Waals surface area contributed by atoms with Crippen LogP contribution in [-0.4, -0.2) is 22.1 Å². The van der Waals surface area contributed by atoms with Crippen molar-refractivity contribution >= 4 is 29.0 Å². The maximum atomic E-state index is 12.7. The fourth-order valence-corrected chi connectivity index (χ4v) is 2.45. The summed E-state index contributed by atoms with van der Waals surface area (Å²) >= 11 is 0. The standard InChI is InChI=1S/C22H17N3O4/c26-20(15-8-3-1-4-9-15)19(21(27)23-17-11-5-2-6-12-17)25-24-18-13-7-10-16(14-18)22(28)29/h1-14,26H,(H,23,27)(H,28,29)/b20-19-,25-24?. The summed E-state index contributed by atoms with van der Waals surface area (Å²) in [6, 6.07) is 23.0. The highest BCUT2D eigenvalue weighted by Gasteiger charge is 2.17. The molecule has 0 aliphatic carbocycles. The molecule has 3 rings (SSSR count). The third kappa shape index (κ3) is 5.14. The number of azo groups is 1. The first-order valence-electron chi connectivity index (χ1n) is 8.65. The normalized spacial score (nSPS) is 11.7.